The molecule has 0 saturated carbocycles. The van der Waals surface area contributed by atoms with Crippen LogP contribution >= 0.6 is 40.0 Å². The Balaban J connectivity index is 1.61. The number of aryl methyl sites for hydroxylation is 2. The van der Waals surface area contributed by atoms with E-state index in [1.165, 1.54) is 6.21 Å². The molecule has 36 heavy (non-hydrogen) atoms. The van der Waals surface area contributed by atoms with Crippen molar-refractivity contribution in [2.45, 2.75) is 26.7 Å². The zero-order valence-corrected chi connectivity index (χ0v) is 24.1. The molecule has 11 heteroatoms. The lowest BCUT2D eigenvalue weighted by Gasteiger charge is -2.13. The molecular weight excluding hydrogens is 606 g/mol. The van der Waals surface area contributed by atoms with Crippen molar-refractivity contribution in [1.29, 1.82) is 5.41 Å². The third-order valence-corrected chi connectivity index (χ3v) is 7.18. The highest BCUT2D eigenvalue weighted by Gasteiger charge is 2.12. The van der Waals surface area contributed by atoms with Gasteiger partial charge in [0.25, 0.3) is 0 Å². The summed E-state index contributed by atoms with van der Waals surface area (Å²) in [5.41, 5.74) is 7.13. The van der Waals surface area contributed by atoms with E-state index in [4.69, 9.17) is 27.1 Å². The Bertz CT molecular complexity index is 1410. The van der Waals surface area contributed by atoms with Gasteiger partial charge < -0.3 is 15.8 Å². The van der Waals surface area contributed by atoms with Crippen LogP contribution in [0, 0.1) is 12.3 Å². The van der Waals surface area contributed by atoms with Crippen molar-refractivity contribution in [2.24, 2.45) is 12.0 Å². The molecule has 0 aliphatic rings. The van der Waals surface area contributed by atoms with E-state index in [1.807, 2.05) is 60.7 Å². The number of aromatic nitrogens is 4. The van der Waals surface area contributed by atoms with E-state index in [0.717, 1.165) is 46.7 Å². The number of hydrogen-bond acceptors (Lipinski definition) is 6. The predicted octanol–water partition coefficient (Wildman–Crippen LogP) is 7.59. The third kappa shape index (κ3) is 5.96. The fourth-order valence-corrected chi connectivity index (χ4v) is 5.20. The quantitative estimate of drug-likeness (QED) is 0.0954. The van der Waals surface area contributed by atoms with Crippen LogP contribution in [0.1, 0.15) is 36.5 Å². The third-order valence-electron chi connectivity index (χ3n) is 5.60. The standard InChI is InChI=1S/C25H27ClIN8P/c1-4-5-20(17-14-29-34(3)15-17)30-23-12-18(7-6-16(23)2)35-11-10-24(32-35)31-22-9-8-21(33-36-27)19(13-28)25(22)26/h6-15,28,33,36H,4-5H2,1-3H3,(H,31,32). The highest BCUT2D eigenvalue weighted by atomic mass is 127. The molecule has 2 aromatic heterocycles. The molecule has 1 unspecified atom stereocenters. The van der Waals surface area contributed by atoms with E-state index in [2.05, 4.69) is 57.5 Å². The first-order valence-electron chi connectivity index (χ1n) is 11.4. The van der Waals surface area contributed by atoms with Crippen molar-refractivity contribution in [2.75, 3.05) is 10.4 Å². The molecular formula is C25H27ClIN8P. The minimum atomic E-state index is 0.477. The Morgan fingerprint density at radius 2 is 2.06 bits per heavy atom. The monoisotopic (exact) mass is 632 g/mol. The molecule has 2 heterocycles. The van der Waals surface area contributed by atoms with Gasteiger partial charge in [0, 0.05) is 54.9 Å². The molecule has 0 amide bonds. The summed E-state index contributed by atoms with van der Waals surface area (Å²) in [6.45, 7) is 4.21. The summed E-state index contributed by atoms with van der Waals surface area (Å²) in [5.74, 6) is 0.650. The number of anilines is 3. The molecule has 3 N–H and O–H groups in total. The minimum absolute atomic E-state index is 0.477. The van der Waals surface area contributed by atoms with Gasteiger partial charge in [-0.05, 0) is 65.2 Å². The largest absolute Gasteiger partial charge is 0.358 e. The highest BCUT2D eigenvalue weighted by molar-refractivity contribution is 14.2. The lowest BCUT2D eigenvalue weighted by molar-refractivity contribution is 0.767. The molecule has 0 aliphatic heterocycles. The molecule has 0 aliphatic carbocycles. The molecule has 0 spiro atoms. The van der Waals surface area contributed by atoms with Crippen LogP contribution in [-0.4, -0.2) is 31.5 Å². The van der Waals surface area contributed by atoms with Crippen LogP contribution in [0.3, 0.4) is 0 Å². The first-order valence-corrected chi connectivity index (χ1v) is 15.9. The molecule has 186 valence electrons. The summed E-state index contributed by atoms with van der Waals surface area (Å²) in [6, 6.07) is 11.8. The number of halogens is 2. The fraction of sp³-hybridized carbons (Fsp3) is 0.200. The maximum Gasteiger partial charge on any atom is 0.152 e. The average Bonchev–Trinajstić information content (AvgIpc) is 3.51. The normalized spacial score (nSPS) is 11.9. The van der Waals surface area contributed by atoms with Gasteiger partial charge in [-0.25, -0.2) is 4.68 Å². The first kappa shape index (κ1) is 26.3. The van der Waals surface area contributed by atoms with Crippen molar-refractivity contribution >= 4 is 74.8 Å². The lowest BCUT2D eigenvalue weighted by Crippen LogP contribution is -2.01. The summed E-state index contributed by atoms with van der Waals surface area (Å²) in [5, 5.41) is 23.7. The van der Waals surface area contributed by atoms with E-state index in [-0.39, 0.29) is 0 Å². The van der Waals surface area contributed by atoms with Crippen LogP contribution in [-0.2, 0) is 7.05 Å². The summed E-state index contributed by atoms with van der Waals surface area (Å²) in [6.07, 6.45) is 9.37. The zero-order valence-electron chi connectivity index (χ0n) is 20.2. The van der Waals surface area contributed by atoms with Crippen molar-refractivity contribution < 1.29 is 0 Å². The topological polar surface area (TPSA) is 95.9 Å². The van der Waals surface area contributed by atoms with E-state index in [9.17, 15) is 0 Å². The molecule has 0 radical (unpaired) electrons. The summed E-state index contributed by atoms with van der Waals surface area (Å²) in [4.78, 5) is 5.01. The van der Waals surface area contributed by atoms with Gasteiger partial charge in [0.2, 0.25) is 0 Å². The Hall–Kier alpha value is -2.75. The van der Waals surface area contributed by atoms with E-state index >= 15 is 0 Å². The van der Waals surface area contributed by atoms with Crippen LogP contribution < -0.4 is 10.4 Å². The smallest absolute Gasteiger partial charge is 0.152 e. The van der Waals surface area contributed by atoms with Crippen LogP contribution in [0.4, 0.5) is 22.9 Å². The molecule has 1 atom stereocenters. The summed E-state index contributed by atoms with van der Waals surface area (Å²) >= 11 is 8.83. The van der Waals surface area contributed by atoms with Gasteiger partial charge in [-0.15, -0.1) is 0 Å². The highest BCUT2D eigenvalue weighted by Crippen LogP contribution is 2.35. The van der Waals surface area contributed by atoms with Gasteiger partial charge in [-0.1, -0.05) is 31.0 Å². The average molecular weight is 633 g/mol. The van der Waals surface area contributed by atoms with Crippen molar-refractivity contribution in [3.05, 3.63) is 76.7 Å². The molecule has 8 nitrogen and oxygen atoms in total. The van der Waals surface area contributed by atoms with E-state index in [1.54, 1.807) is 4.68 Å². The van der Waals surface area contributed by atoms with Gasteiger partial charge in [-0.3, -0.25) is 9.67 Å². The van der Waals surface area contributed by atoms with E-state index < -0.39 is 0 Å². The molecule has 0 bridgehead atoms. The van der Waals surface area contributed by atoms with Gasteiger partial charge >= 0.3 is 0 Å². The number of nitrogens with one attached hydrogen (secondary N) is 3. The SMILES string of the molecule is CCCC(=Nc1cc(-n2ccc(Nc3ccc(NPI)c(C=N)c3Cl)n2)ccc1C)c1cnn(C)c1. The Labute approximate surface area is 230 Å². The molecule has 0 fully saturated rings. The van der Waals surface area contributed by atoms with Crippen LogP contribution in [0.5, 0.6) is 0 Å². The maximum absolute atomic E-state index is 7.75. The summed E-state index contributed by atoms with van der Waals surface area (Å²) in [7, 11) is 1.91. The molecule has 4 rings (SSSR count). The number of rotatable bonds is 10. The van der Waals surface area contributed by atoms with Crippen LogP contribution in [0.25, 0.3) is 5.69 Å². The second-order valence-electron chi connectivity index (χ2n) is 8.20. The maximum atomic E-state index is 7.75. The molecule has 4 aromatic rings. The Morgan fingerprint density at radius 3 is 2.75 bits per heavy atom. The van der Waals surface area contributed by atoms with Gasteiger partial charge in [0.1, 0.15) is 0 Å². The number of aliphatic imine (C=N–C) groups is 1. The van der Waals surface area contributed by atoms with E-state index in [0.29, 0.717) is 28.5 Å². The van der Waals surface area contributed by atoms with Crippen molar-refractivity contribution in [3.63, 3.8) is 0 Å². The summed E-state index contributed by atoms with van der Waals surface area (Å²) < 4.78 is 3.61. The van der Waals surface area contributed by atoms with Gasteiger partial charge in [0.05, 0.1) is 34.0 Å². The van der Waals surface area contributed by atoms with Crippen molar-refractivity contribution in [3.8, 4) is 5.69 Å². The number of hydrogen-bond donors (Lipinski definition) is 3. The molecule has 2 aromatic carbocycles. The van der Waals surface area contributed by atoms with Crippen LogP contribution in [0.2, 0.25) is 5.02 Å². The number of benzene rings is 2. The van der Waals surface area contributed by atoms with Gasteiger partial charge in [0.15, 0.2) is 5.82 Å². The van der Waals surface area contributed by atoms with Crippen LogP contribution in [0.15, 0.2) is 60.0 Å². The first-order chi connectivity index (χ1) is 17.4. The molecule has 0 saturated heterocycles. The second kappa shape index (κ2) is 12.0. The predicted molar refractivity (Wildman–Crippen MR) is 161 cm³/mol. The zero-order chi connectivity index (χ0) is 25.7. The minimum Gasteiger partial charge on any atom is -0.358 e. The van der Waals surface area contributed by atoms with Gasteiger partial charge in [-0.2, -0.15) is 10.2 Å². The number of nitrogens with zero attached hydrogens (tertiary/aromatic N) is 5. The Kier molecular flexibility index (Phi) is 8.77. The lowest BCUT2D eigenvalue weighted by atomic mass is 10.1. The Morgan fingerprint density at radius 1 is 1.25 bits per heavy atom. The van der Waals surface area contributed by atoms with Crippen molar-refractivity contribution in [1.82, 2.24) is 19.6 Å². The fourth-order valence-electron chi connectivity index (χ4n) is 3.74. The second-order valence-corrected chi connectivity index (χ2v) is 10.6.